The van der Waals surface area contributed by atoms with Crippen LogP contribution in [0.25, 0.3) is 0 Å². The minimum absolute atomic E-state index is 0.0705. The van der Waals surface area contributed by atoms with Crippen molar-refractivity contribution in [2.45, 2.75) is 6.61 Å². The Morgan fingerprint density at radius 2 is 1.88 bits per heavy atom. The van der Waals surface area contributed by atoms with Crippen LogP contribution in [0.3, 0.4) is 0 Å². The number of nitrogens with zero attached hydrogens (tertiary/aromatic N) is 2. The van der Waals surface area contributed by atoms with Gasteiger partial charge in [-0.3, -0.25) is 0 Å². The first-order valence-electron chi connectivity index (χ1n) is 5.29. The molecule has 0 aliphatic rings. The molecule has 3 nitrogen and oxygen atoms in total. The van der Waals surface area contributed by atoms with Crippen LogP contribution in [0, 0.1) is 0 Å². The summed E-state index contributed by atoms with van der Waals surface area (Å²) in [4.78, 5) is 4.31. The Balaban J connectivity index is 2.77. The van der Waals surface area contributed by atoms with Crippen molar-refractivity contribution < 1.29 is 5.11 Å². The number of likely N-dealkylation sites (N-methyl/N-ethyl adjacent to an activating group) is 2. The van der Waals surface area contributed by atoms with Gasteiger partial charge in [-0.2, -0.15) is 0 Å². The Morgan fingerprint density at radius 1 is 1.19 bits per heavy atom. The fourth-order valence-electron chi connectivity index (χ4n) is 1.52. The van der Waals surface area contributed by atoms with Gasteiger partial charge in [-0.05, 0) is 32.3 Å². The summed E-state index contributed by atoms with van der Waals surface area (Å²) in [7, 11) is 6.16. The first kappa shape index (κ1) is 13.5. The van der Waals surface area contributed by atoms with E-state index in [0.717, 1.165) is 28.8 Å². The van der Waals surface area contributed by atoms with Crippen molar-refractivity contribution in [2.24, 2.45) is 0 Å². The van der Waals surface area contributed by atoms with Gasteiger partial charge in [0.15, 0.2) is 0 Å². The number of aliphatic hydroxyl groups is 1. The number of hydrogen-bond acceptors (Lipinski definition) is 3. The summed E-state index contributed by atoms with van der Waals surface area (Å²) >= 11 is 3.41. The maximum Gasteiger partial charge on any atom is 0.0702 e. The highest BCUT2D eigenvalue weighted by molar-refractivity contribution is 9.10. The zero-order valence-electron chi connectivity index (χ0n) is 10.1. The van der Waals surface area contributed by atoms with Crippen LogP contribution >= 0.6 is 15.9 Å². The Bertz CT molecular complexity index is 342. The molecule has 0 bridgehead atoms. The van der Waals surface area contributed by atoms with E-state index >= 15 is 0 Å². The van der Waals surface area contributed by atoms with Crippen LogP contribution in [-0.4, -0.2) is 44.2 Å². The van der Waals surface area contributed by atoms with E-state index in [1.165, 1.54) is 0 Å². The van der Waals surface area contributed by atoms with E-state index < -0.39 is 0 Å². The smallest absolute Gasteiger partial charge is 0.0702 e. The molecule has 1 aromatic rings. The van der Waals surface area contributed by atoms with E-state index in [1.54, 1.807) is 0 Å². The minimum Gasteiger partial charge on any atom is -0.392 e. The van der Waals surface area contributed by atoms with Gasteiger partial charge in [-0.15, -0.1) is 0 Å². The quantitative estimate of drug-likeness (QED) is 0.896. The predicted octanol–water partition coefficient (Wildman–Crippen LogP) is 1.94. The topological polar surface area (TPSA) is 26.7 Å². The summed E-state index contributed by atoms with van der Waals surface area (Å²) in [6.07, 6.45) is 0. The molecule has 0 aromatic heterocycles. The average Bonchev–Trinajstić information content (AvgIpc) is 2.25. The lowest BCUT2D eigenvalue weighted by atomic mass is 10.1. The third-order valence-electron chi connectivity index (χ3n) is 2.51. The van der Waals surface area contributed by atoms with Crippen molar-refractivity contribution >= 4 is 21.6 Å². The normalized spacial score (nSPS) is 10.9. The Morgan fingerprint density at radius 3 is 2.44 bits per heavy atom. The van der Waals surface area contributed by atoms with Crippen LogP contribution in [0.15, 0.2) is 22.7 Å². The number of anilines is 1. The highest BCUT2D eigenvalue weighted by Crippen LogP contribution is 2.23. The predicted molar refractivity (Wildman–Crippen MR) is 71.9 cm³/mol. The molecule has 0 fully saturated rings. The van der Waals surface area contributed by atoms with Crippen molar-refractivity contribution in [3.05, 3.63) is 28.2 Å². The summed E-state index contributed by atoms with van der Waals surface area (Å²) in [6.45, 7) is 2.01. The Labute approximate surface area is 106 Å². The van der Waals surface area contributed by atoms with E-state index in [-0.39, 0.29) is 6.61 Å². The molecule has 90 valence electrons. The number of benzene rings is 1. The minimum atomic E-state index is 0.0705. The van der Waals surface area contributed by atoms with Gasteiger partial charge in [0.2, 0.25) is 0 Å². The van der Waals surface area contributed by atoms with Gasteiger partial charge in [0, 0.05) is 35.9 Å². The molecule has 1 aromatic carbocycles. The number of aliphatic hydroxyl groups excluding tert-OH is 1. The zero-order valence-corrected chi connectivity index (χ0v) is 11.7. The van der Waals surface area contributed by atoms with Gasteiger partial charge in [-0.25, -0.2) is 0 Å². The average molecular weight is 287 g/mol. The maximum absolute atomic E-state index is 9.31. The number of rotatable bonds is 5. The molecular weight excluding hydrogens is 268 g/mol. The standard InChI is InChI=1S/C12H19BrN2O/c1-14(2)6-7-15(3)12-5-4-11(13)8-10(12)9-16/h4-5,8,16H,6-7,9H2,1-3H3. The van der Waals surface area contributed by atoms with Gasteiger partial charge >= 0.3 is 0 Å². The van der Waals surface area contributed by atoms with Crippen LogP contribution in [0.4, 0.5) is 5.69 Å². The van der Waals surface area contributed by atoms with E-state index in [9.17, 15) is 5.11 Å². The maximum atomic E-state index is 9.31. The zero-order chi connectivity index (χ0) is 12.1. The van der Waals surface area contributed by atoms with Crippen LogP contribution < -0.4 is 4.90 Å². The molecule has 4 heteroatoms. The highest BCUT2D eigenvalue weighted by Gasteiger charge is 2.07. The Hall–Kier alpha value is -0.580. The fourth-order valence-corrected chi connectivity index (χ4v) is 1.93. The summed E-state index contributed by atoms with van der Waals surface area (Å²) in [5, 5.41) is 9.31. The number of hydrogen-bond donors (Lipinski definition) is 1. The monoisotopic (exact) mass is 286 g/mol. The highest BCUT2D eigenvalue weighted by atomic mass is 79.9. The van der Waals surface area contributed by atoms with Gasteiger partial charge in [0.1, 0.15) is 0 Å². The van der Waals surface area contributed by atoms with Gasteiger partial charge < -0.3 is 14.9 Å². The molecule has 0 atom stereocenters. The summed E-state index contributed by atoms with van der Waals surface area (Å²) in [5.41, 5.74) is 2.04. The lowest BCUT2D eigenvalue weighted by Gasteiger charge is -2.23. The molecule has 1 N–H and O–H groups in total. The molecule has 0 heterocycles. The third kappa shape index (κ3) is 3.77. The van der Waals surface area contributed by atoms with Crippen LogP contribution in [0.5, 0.6) is 0 Å². The summed E-state index contributed by atoms with van der Waals surface area (Å²) in [5.74, 6) is 0. The molecule has 0 unspecified atom stereocenters. The molecule has 0 saturated heterocycles. The number of halogens is 1. The van der Waals surface area contributed by atoms with E-state index in [4.69, 9.17) is 0 Å². The van der Waals surface area contributed by atoms with Crippen molar-refractivity contribution in [3.8, 4) is 0 Å². The van der Waals surface area contributed by atoms with Crippen molar-refractivity contribution in [1.82, 2.24) is 4.90 Å². The first-order chi connectivity index (χ1) is 7.54. The lowest BCUT2D eigenvalue weighted by molar-refractivity contribution is 0.282. The van der Waals surface area contributed by atoms with Crippen LogP contribution in [0.1, 0.15) is 5.56 Å². The lowest BCUT2D eigenvalue weighted by Crippen LogP contribution is -2.29. The summed E-state index contributed by atoms with van der Waals surface area (Å²) in [6, 6.07) is 5.99. The van der Waals surface area contributed by atoms with Crippen LogP contribution in [0.2, 0.25) is 0 Å². The fraction of sp³-hybridized carbons (Fsp3) is 0.500. The second kappa shape index (κ2) is 6.23. The van der Waals surface area contributed by atoms with Crippen molar-refractivity contribution in [2.75, 3.05) is 39.1 Å². The molecule has 0 aliphatic heterocycles. The second-order valence-corrected chi connectivity index (χ2v) is 5.07. The van der Waals surface area contributed by atoms with Gasteiger partial charge in [-0.1, -0.05) is 15.9 Å². The van der Waals surface area contributed by atoms with Gasteiger partial charge in [0.25, 0.3) is 0 Å². The molecule has 16 heavy (non-hydrogen) atoms. The van der Waals surface area contributed by atoms with E-state index in [1.807, 2.05) is 25.2 Å². The van der Waals surface area contributed by atoms with E-state index in [2.05, 4.69) is 39.8 Å². The molecule has 0 saturated carbocycles. The van der Waals surface area contributed by atoms with E-state index in [0.29, 0.717) is 0 Å². The third-order valence-corrected chi connectivity index (χ3v) is 3.00. The van der Waals surface area contributed by atoms with Crippen LogP contribution in [-0.2, 0) is 6.61 Å². The van der Waals surface area contributed by atoms with Crippen molar-refractivity contribution in [1.29, 1.82) is 0 Å². The van der Waals surface area contributed by atoms with Gasteiger partial charge in [0.05, 0.1) is 6.61 Å². The largest absolute Gasteiger partial charge is 0.392 e. The summed E-state index contributed by atoms with van der Waals surface area (Å²) < 4.78 is 1.00. The first-order valence-corrected chi connectivity index (χ1v) is 6.09. The molecule has 0 amide bonds. The SMILES string of the molecule is CN(C)CCN(C)c1ccc(Br)cc1CO. The molecule has 0 radical (unpaired) electrons. The molecular formula is C12H19BrN2O. The molecule has 0 aliphatic carbocycles. The molecule has 1 rings (SSSR count). The molecule has 0 spiro atoms. The van der Waals surface area contributed by atoms with Crippen molar-refractivity contribution in [3.63, 3.8) is 0 Å². The second-order valence-electron chi connectivity index (χ2n) is 4.16. The Kier molecular flexibility index (Phi) is 5.25.